The zero-order chi connectivity index (χ0) is 39.9. The Kier molecular flexibility index (Phi) is 29.9. The summed E-state index contributed by atoms with van der Waals surface area (Å²) >= 11 is 0. The summed E-state index contributed by atoms with van der Waals surface area (Å²) in [5.41, 5.74) is 0. The van der Waals surface area contributed by atoms with Crippen LogP contribution in [0.3, 0.4) is 0 Å². The molecule has 1 saturated heterocycles. The first kappa shape index (κ1) is 50.1. The van der Waals surface area contributed by atoms with E-state index >= 15 is 0 Å². The SMILES string of the molecule is CCCCCCCC/C=C\CCCCCCCC(=O)OC[C@H](COP(=O)(O)O)OC(=O)CCC/C=C\C[C@H]1[C@@H](O)CC(O)O[C@@H]1/C=C/[C@@H](O)CCCCC. The van der Waals surface area contributed by atoms with Gasteiger partial charge in [0.2, 0.25) is 0 Å². The summed E-state index contributed by atoms with van der Waals surface area (Å²) in [6, 6.07) is 0. The minimum absolute atomic E-state index is 0.0161. The minimum atomic E-state index is -4.83. The quantitative estimate of drug-likeness (QED) is 0.0186. The Morgan fingerprint density at radius 3 is 2.00 bits per heavy atom. The van der Waals surface area contributed by atoms with Crippen molar-refractivity contribution in [1.29, 1.82) is 0 Å². The second-order valence-electron chi connectivity index (χ2n) is 14.5. The zero-order valence-electron chi connectivity index (χ0n) is 33.1. The number of phosphoric ester groups is 1. The van der Waals surface area contributed by atoms with Gasteiger partial charge in [-0.25, -0.2) is 4.57 Å². The van der Waals surface area contributed by atoms with E-state index in [9.17, 15) is 29.5 Å². The number of aliphatic hydroxyl groups is 3. The van der Waals surface area contributed by atoms with E-state index < -0.39 is 57.1 Å². The molecule has 0 saturated carbocycles. The highest BCUT2D eigenvalue weighted by atomic mass is 31.2. The van der Waals surface area contributed by atoms with Crippen molar-refractivity contribution in [1.82, 2.24) is 0 Å². The summed E-state index contributed by atoms with van der Waals surface area (Å²) in [6.45, 7) is 3.33. The maximum atomic E-state index is 12.5. The van der Waals surface area contributed by atoms with E-state index in [1.165, 1.54) is 38.5 Å². The maximum Gasteiger partial charge on any atom is 0.469 e. The second-order valence-corrected chi connectivity index (χ2v) is 15.7. The molecule has 0 amide bonds. The highest BCUT2D eigenvalue weighted by molar-refractivity contribution is 7.46. The molecule has 54 heavy (non-hydrogen) atoms. The van der Waals surface area contributed by atoms with Gasteiger partial charge in [0.1, 0.15) is 6.61 Å². The Morgan fingerprint density at radius 1 is 0.759 bits per heavy atom. The van der Waals surface area contributed by atoms with Crippen molar-refractivity contribution in [2.45, 2.75) is 192 Å². The molecule has 1 fully saturated rings. The Bertz CT molecular complexity index is 1090. The van der Waals surface area contributed by atoms with Crippen LogP contribution in [0.15, 0.2) is 36.5 Å². The van der Waals surface area contributed by atoms with Crippen molar-refractivity contribution in [3.8, 4) is 0 Å². The fraction of sp³-hybridized carbons (Fsp3) is 0.805. The molecule has 0 aliphatic carbocycles. The van der Waals surface area contributed by atoms with Gasteiger partial charge in [-0.05, 0) is 57.8 Å². The zero-order valence-corrected chi connectivity index (χ0v) is 34.0. The van der Waals surface area contributed by atoms with Crippen molar-refractivity contribution in [3.05, 3.63) is 36.5 Å². The molecule has 0 aromatic carbocycles. The van der Waals surface area contributed by atoms with Gasteiger partial charge in [0, 0.05) is 25.2 Å². The van der Waals surface area contributed by atoms with Gasteiger partial charge in [0.25, 0.3) is 0 Å². The maximum absolute atomic E-state index is 12.5. The van der Waals surface area contributed by atoms with Gasteiger partial charge in [-0.15, -0.1) is 0 Å². The number of aliphatic hydroxyl groups excluding tert-OH is 3. The fourth-order valence-electron chi connectivity index (χ4n) is 6.23. The van der Waals surface area contributed by atoms with Gasteiger partial charge >= 0.3 is 19.8 Å². The number of hydrogen-bond donors (Lipinski definition) is 5. The molecule has 1 aliphatic heterocycles. The summed E-state index contributed by atoms with van der Waals surface area (Å²) in [7, 11) is -4.83. The molecule has 5 N–H and O–H groups in total. The molecule has 0 aromatic rings. The topological polar surface area (TPSA) is 189 Å². The summed E-state index contributed by atoms with van der Waals surface area (Å²) in [5, 5.41) is 30.8. The van der Waals surface area contributed by atoms with Crippen molar-refractivity contribution in [3.63, 3.8) is 0 Å². The lowest BCUT2D eigenvalue weighted by molar-refractivity contribution is -0.199. The first-order valence-electron chi connectivity index (χ1n) is 20.7. The van der Waals surface area contributed by atoms with Crippen LogP contribution in [-0.2, 0) is 32.9 Å². The molecule has 0 spiro atoms. The normalized spacial score (nSPS) is 20.6. The molecule has 0 radical (unpaired) electrons. The van der Waals surface area contributed by atoms with Crippen LogP contribution in [0.5, 0.6) is 0 Å². The van der Waals surface area contributed by atoms with E-state index in [-0.39, 0.29) is 31.8 Å². The highest BCUT2D eigenvalue weighted by Gasteiger charge is 2.35. The van der Waals surface area contributed by atoms with Crippen LogP contribution in [0.1, 0.15) is 162 Å². The van der Waals surface area contributed by atoms with Crippen LogP contribution in [0.4, 0.5) is 0 Å². The Labute approximate surface area is 325 Å². The monoisotopic (exact) mass is 788 g/mol. The number of esters is 2. The van der Waals surface area contributed by atoms with Crippen molar-refractivity contribution >= 4 is 19.8 Å². The molecule has 1 unspecified atom stereocenters. The van der Waals surface area contributed by atoms with Crippen LogP contribution in [-0.4, -0.2) is 81.0 Å². The summed E-state index contributed by atoms with van der Waals surface area (Å²) in [4.78, 5) is 43.1. The van der Waals surface area contributed by atoms with Gasteiger partial charge in [-0.3, -0.25) is 14.1 Å². The van der Waals surface area contributed by atoms with Crippen LogP contribution >= 0.6 is 7.82 Å². The molecule has 0 bridgehead atoms. The third kappa shape index (κ3) is 28.5. The standard InChI is InChI=1S/C41H73O12P/c1-3-5-7-8-9-10-11-12-13-14-15-16-17-18-23-27-39(44)50-32-35(33-51-54(47,48)49)52-40(45)28-24-20-19-22-26-36-37(43)31-41(46)53-38(36)30-29-34(42)25-21-6-4-2/h12-13,19,22,29-30,34-38,41-43,46H,3-11,14-18,20-21,23-28,31-33H2,1-2H3,(H2,47,48,49)/b13-12-,22-19-,30-29+/t34-,35+,36-,37-,38+,41?/m0/s1. The number of rotatable bonds is 33. The highest BCUT2D eigenvalue weighted by Crippen LogP contribution is 2.36. The summed E-state index contributed by atoms with van der Waals surface area (Å²) < 4.78 is 32.0. The third-order valence-corrected chi connectivity index (χ3v) is 9.91. The van der Waals surface area contributed by atoms with Crippen molar-refractivity contribution in [2.24, 2.45) is 5.92 Å². The van der Waals surface area contributed by atoms with E-state index in [0.29, 0.717) is 32.1 Å². The Morgan fingerprint density at radius 2 is 1.33 bits per heavy atom. The molecule has 314 valence electrons. The molecule has 13 heteroatoms. The number of allylic oxidation sites excluding steroid dienone is 4. The molecule has 1 rings (SSSR count). The average molecular weight is 789 g/mol. The van der Waals surface area contributed by atoms with Crippen LogP contribution in [0.25, 0.3) is 0 Å². The lowest BCUT2D eigenvalue weighted by atomic mass is 9.87. The van der Waals surface area contributed by atoms with Gasteiger partial charge in [-0.2, -0.15) is 0 Å². The van der Waals surface area contributed by atoms with Crippen LogP contribution in [0, 0.1) is 5.92 Å². The van der Waals surface area contributed by atoms with E-state index in [2.05, 4.69) is 30.5 Å². The molecule has 1 aliphatic rings. The Hall–Kier alpha value is -1.89. The average Bonchev–Trinajstić information content (AvgIpc) is 3.12. The predicted octanol–water partition coefficient (Wildman–Crippen LogP) is 8.29. The van der Waals surface area contributed by atoms with E-state index in [4.69, 9.17) is 24.0 Å². The Balaban J connectivity index is 2.35. The number of unbranched alkanes of at least 4 members (excludes halogenated alkanes) is 14. The van der Waals surface area contributed by atoms with Crippen molar-refractivity contribution < 1.29 is 58.0 Å². The second kappa shape index (κ2) is 32.2. The molecular weight excluding hydrogens is 715 g/mol. The number of carbonyl (C=O) groups is 2. The first-order valence-corrected chi connectivity index (χ1v) is 22.2. The van der Waals surface area contributed by atoms with Gasteiger partial charge < -0.3 is 39.3 Å². The number of carbonyl (C=O) groups excluding carboxylic acids is 2. The first-order chi connectivity index (χ1) is 25.9. The van der Waals surface area contributed by atoms with Gasteiger partial charge in [0.05, 0.1) is 24.9 Å². The predicted molar refractivity (Wildman–Crippen MR) is 210 cm³/mol. The van der Waals surface area contributed by atoms with E-state index in [0.717, 1.165) is 57.8 Å². The minimum Gasteiger partial charge on any atom is -0.462 e. The van der Waals surface area contributed by atoms with Gasteiger partial charge in [0.15, 0.2) is 12.4 Å². The number of ether oxygens (including phenoxy) is 3. The lowest BCUT2D eigenvalue weighted by Gasteiger charge is -2.36. The molecular formula is C41H73O12P. The van der Waals surface area contributed by atoms with Gasteiger partial charge in [-0.1, -0.05) is 121 Å². The van der Waals surface area contributed by atoms with Crippen LogP contribution < -0.4 is 0 Å². The summed E-state index contributed by atoms with van der Waals surface area (Å²) in [5.74, 6) is -1.41. The molecule has 6 atom stereocenters. The van der Waals surface area contributed by atoms with E-state index in [1.54, 1.807) is 12.2 Å². The molecule has 12 nitrogen and oxygen atoms in total. The third-order valence-electron chi connectivity index (χ3n) is 9.43. The molecule has 0 aromatic heterocycles. The van der Waals surface area contributed by atoms with Crippen molar-refractivity contribution in [2.75, 3.05) is 13.2 Å². The number of hydrogen-bond acceptors (Lipinski definition) is 10. The summed E-state index contributed by atoms with van der Waals surface area (Å²) in [6.07, 6.45) is 27.7. The largest absolute Gasteiger partial charge is 0.469 e. The van der Waals surface area contributed by atoms with E-state index in [1.807, 2.05) is 12.2 Å². The smallest absolute Gasteiger partial charge is 0.462 e. The number of phosphoric acid groups is 1. The lowest BCUT2D eigenvalue weighted by Crippen LogP contribution is -2.43. The molecule has 1 heterocycles. The van der Waals surface area contributed by atoms with Crippen LogP contribution in [0.2, 0.25) is 0 Å². The fourth-order valence-corrected chi connectivity index (χ4v) is 6.59.